The number of benzene rings is 2. The van der Waals surface area contributed by atoms with Gasteiger partial charge >= 0.3 is 0 Å². The quantitative estimate of drug-likeness (QED) is 0.620. The van der Waals surface area contributed by atoms with Crippen molar-refractivity contribution >= 4 is 22.5 Å². The normalized spacial score (nSPS) is 12.5. The molecule has 0 saturated carbocycles. The van der Waals surface area contributed by atoms with Gasteiger partial charge in [0.15, 0.2) is 0 Å². The molecule has 1 heterocycles. The van der Waals surface area contributed by atoms with E-state index in [2.05, 4.69) is 17.1 Å². The fraction of sp³-hybridized carbons (Fsp3) is 0.167. The third kappa shape index (κ3) is 3.23. The summed E-state index contributed by atoms with van der Waals surface area (Å²) in [6.07, 6.45) is 0.0220. The smallest absolute Gasteiger partial charge is 0.135 e. The fourth-order valence-electron chi connectivity index (χ4n) is 2.27. The van der Waals surface area contributed by atoms with E-state index in [4.69, 9.17) is 16.3 Å². The number of halogens is 1. The van der Waals surface area contributed by atoms with Crippen LogP contribution in [0, 0.1) is 0 Å². The minimum absolute atomic E-state index is 0.0220. The number of aromatic nitrogens is 1. The predicted molar refractivity (Wildman–Crippen MR) is 86.4 cm³/mol. The van der Waals surface area contributed by atoms with E-state index in [1.54, 1.807) is 0 Å². The van der Waals surface area contributed by atoms with Crippen LogP contribution < -0.4 is 0 Å². The van der Waals surface area contributed by atoms with Gasteiger partial charge in [0.05, 0.1) is 18.2 Å². The molecule has 0 fully saturated rings. The van der Waals surface area contributed by atoms with E-state index in [0.29, 0.717) is 11.8 Å². The van der Waals surface area contributed by atoms with E-state index in [1.165, 1.54) is 0 Å². The maximum atomic E-state index is 6.24. The number of ether oxygens (including phenoxy) is 1. The van der Waals surface area contributed by atoms with Crippen molar-refractivity contribution < 1.29 is 4.74 Å². The maximum Gasteiger partial charge on any atom is 0.135 e. The van der Waals surface area contributed by atoms with Crippen molar-refractivity contribution in [1.29, 1.82) is 0 Å². The zero-order valence-electron chi connectivity index (χ0n) is 11.8. The Hall–Kier alpha value is -1.90. The molecule has 0 saturated heterocycles. The van der Waals surface area contributed by atoms with Crippen molar-refractivity contribution in [2.75, 3.05) is 0 Å². The van der Waals surface area contributed by atoms with Gasteiger partial charge in [0.1, 0.15) is 5.15 Å². The molecule has 0 aliphatic heterocycles. The van der Waals surface area contributed by atoms with Crippen LogP contribution in [0.5, 0.6) is 0 Å². The molecule has 0 aliphatic carbocycles. The molecule has 3 aromatic rings. The molecule has 2 nitrogen and oxygen atoms in total. The van der Waals surface area contributed by atoms with E-state index in [-0.39, 0.29) is 6.10 Å². The summed E-state index contributed by atoms with van der Waals surface area (Å²) in [7, 11) is 0. The first-order valence-corrected chi connectivity index (χ1v) is 7.32. The first-order chi connectivity index (χ1) is 10.2. The zero-order chi connectivity index (χ0) is 14.7. The molecule has 106 valence electrons. The summed E-state index contributed by atoms with van der Waals surface area (Å²) in [4.78, 5) is 4.41. The molecule has 1 atom stereocenters. The average molecular weight is 298 g/mol. The van der Waals surface area contributed by atoms with Gasteiger partial charge in [0.2, 0.25) is 0 Å². The Morgan fingerprint density at radius 3 is 2.57 bits per heavy atom. The third-order valence-electron chi connectivity index (χ3n) is 3.51. The number of hydrogen-bond acceptors (Lipinski definition) is 2. The summed E-state index contributed by atoms with van der Waals surface area (Å²) in [5.74, 6) is 0. The second-order valence-corrected chi connectivity index (χ2v) is 5.35. The molecular weight excluding hydrogens is 282 g/mol. The van der Waals surface area contributed by atoms with Crippen LogP contribution in [0.3, 0.4) is 0 Å². The summed E-state index contributed by atoms with van der Waals surface area (Å²) in [5, 5.41) is 1.59. The van der Waals surface area contributed by atoms with Crippen LogP contribution in [0.25, 0.3) is 10.9 Å². The Balaban J connectivity index is 1.77. The van der Waals surface area contributed by atoms with Crippen LogP contribution in [0.4, 0.5) is 0 Å². The summed E-state index contributed by atoms with van der Waals surface area (Å²) >= 11 is 6.24. The highest BCUT2D eigenvalue weighted by Crippen LogP contribution is 2.24. The number of rotatable bonds is 4. The number of hydrogen-bond donors (Lipinski definition) is 0. The van der Waals surface area contributed by atoms with E-state index >= 15 is 0 Å². The van der Waals surface area contributed by atoms with Crippen molar-refractivity contribution in [1.82, 2.24) is 4.98 Å². The van der Waals surface area contributed by atoms with Crippen molar-refractivity contribution in [2.45, 2.75) is 19.6 Å². The Morgan fingerprint density at radius 2 is 1.76 bits per heavy atom. The summed E-state index contributed by atoms with van der Waals surface area (Å²) in [6.45, 7) is 2.49. The molecule has 3 rings (SSSR count). The lowest BCUT2D eigenvalue weighted by atomic mass is 10.1. The first kappa shape index (κ1) is 14.1. The largest absolute Gasteiger partial charge is 0.369 e. The van der Waals surface area contributed by atoms with Crippen LogP contribution in [-0.2, 0) is 11.3 Å². The van der Waals surface area contributed by atoms with Gasteiger partial charge in [-0.1, -0.05) is 60.1 Å². The summed E-state index contributed by atoms with van der Waals surface area (Å²) < 4.78 is 5.92. The lowest BCUT2D eigenvalue weighted by Crippen LogP contribution is -2.01. The monoisotopic (exact) mass is 297 g/mol. The molecule has 0 bridgehead atoms. The molecule has 0 aliphatic rings. The fourth-order valence-corrected chi connectivity index (χ4v) is 2.47. The number of pyridine rings is 1. The van der Waals surface area contributed by atoms with E-state index in [0.717, 1.165) is 22.0 Å². The van der Waals surface area contributed by atoms with E-state index < -0.39 is 0 Å². The van der Waals surface area contributed by atoms with Gasteiger partial charge in [-0.05, 0) is 24.6 Å². The third-order valence-corrected chi connectivity index (χ3v) is 3.84. The van der Waals surface area contributed by atoms with Gasteiger partial charge in [-0.25, -0.2) is 4.98 Å². The second-order valence-electron chi connectivity index (χ2n) is 4.99. The minimum Gasteiger partial charge on any atom is -0.369 e. The molecule has 0 N–H and O–H groups in total. The predicted octanol–water partition coefficient (Wildman–Crippen LogP) is 5.17. The molecule has 0 radical (unpaired) electrons. The topological polar surface area (TPSA) is 22.1 Å². The Labute approximate surface area is 129 Å². The van der Waals surface area contributed by atoms with Gasteiger partial charge < -0.3 is 4.74 Å². The lowest BCUT2D eigenvalue weighted by molar-refractivity contribution is 0.0525. The van der Waals surface area contributed by atoms with Crippen molar-refractivity contribution in [3.05, 3.63) is 76.9 Å². The lowest BCUT2D eigenvalue weighted by Gasteiger charge is -2.14. The van der Waals surface area contributed by atoms with Crippen molar-refractivity contribution in [3.63, 3.8) is 0 Å². The standard InChI is InChI=1S/C18H16ClNO/c1-13(14-7-3-2-4-8-14)21-12-16-11-15-9-5-6-10-17(15)20-18(16)19/h2-11,13H,12H2,1H3. The van der Waals surface area contributed by atoms with Crippen molar-refractivity contribution in [3.8, 4) is 0 Å². The minimum atomic E-state index is 0.0220. The number of nitrogens with zero attached hydrogens (tertiary/aromatic N) is 1. The molecule has 3 heteroatoms. The number of fused-ring (bicyclic) bond motifs is 1. The van der Waals surface area contributed by atoms with Gasteiger partial charge in [-0.3, -0.25) is 0 Å². The average Bonchev–Trinajstić information content (AvgIpc) is 2.53. The molecule has 2 aromatic carbocycles. The zero-order valence-corrected chi connectivity index (χ0v) is 12.5. The Bertz CT molecular complexity index is 743. The van der Waals surface area contributed by atoms with Crippen LogP contribution >= 0.6 is 11.6 Å². The van der Waals surface area contributed by atoms with Gasteiger partial charge in [-0.15, -0.1) is 0 Å². The van der Waals surface area contributed by atoms with Crippen LogP contribution in [0.1, 0.15) is 24.2 Å². The molecule has 0 amide bonds. The van der Waals surface area contributed by atoms with Gasteiger partial charge in [-0.2, -0.15) is 0 Å². The van der Waals surface area contributed by atoms with Crippen molar-refractivity contribution in [2.24, 2.45) is 0 Å². The van der Waals surface area contributed by atoms with Crippen LogP contribution in [0.2, 0.25) is 5.15 Å². The van der Waals surface area contributed by atoms with Crippen LogP contribution in [-0.4, -0.2) is 4.98 Å². The second kappa shape index (κ2) is 6.25. The molecular formula is C18H16ClNO. The summed E-state index contributed by atoms with van der Waals surface area (Å²) in [5.41, 5.74) is 2.97. The van der Waals surface area contributed by atoms with Crippen LogP contribution in [0.15, 0.2) is 60.7 Å². The highest BCUT2D eigenvalue weighted by Gasteiger charge is 2.09. The maximum absolute atomic E-state index is 6.24. The Kier molecular flexibility index (Phi) is 4.18. The highest BCUT2D eigenvalue weighted by molar-refractivity contribution is 6.30. The molecule has 1 aromatic heterocycles. The molecule has 1 unspecified atom stereocenters. The van der Waals surface area contributed by atoms with E-state index in [1.807, 2.05) is 55.5 Å². The Morgan fingerprint density at radius 1 is 1.05 bits per heavy atom. The molecule has 0 spiro atoms. The summed E-state index contributed by atoms with van der Waals surface area (Å²) in [6, 6.07) is 20.1. The van der Waals surface area contributed by atoms with Gasteiger partial charge in [0, 0.05) is 10.9 Å². The number of para-hydroxylation sites is 1. The first-order valence-electron chi connectivity index (χ1n) is 6.95. The SMILES string of the molecule is CC(OCc1cc2ccccc2nc1Cl)c1ccccc1. The van der Waals surface area contributed by atoms with Gasteiger partial charge in [0.25, 0.3) is 0 Å². The molecule has 21 heavy (non-hydrogen) atoms. The highest BCUT2D eigenvalue weighted by atomic mass is 35.5. The van der Waals surface area contributed by atoms with E-state index in [9.17, 15) is 0 Å².